The van der Waals surface area contributed by atoms with Crippen LogP contribution in [0, 0.1) is 0 Å². The second-order valence-electron chi connectivity index (χ2n) is 5.87. The fraction of sp³-hybridized carbons (Fsp3) is 0.529. The van der Waals surface area contributed by atoms with Gasteiger partial charge in [-0.2, -0.15) is 0 Å². The van der Waals surface area contributed by atoms with Crippen molar-refractivity contribution in [2.24, 2.45) is 0 Å². The largest absolute Gasteiger partial charge is 0.454 e. The molecule has 5 heteroatoms. The lowest BCUT2D eigenvalue weighted by molar-refractivity contribution is -0.163. The van der Waals surface area contributed by atoms with Gasteiger partial charge in [-0.1, -0.05) is 30.3 Å². The van der Waals surface area contributed by atoms with Crippen LogP contribution in [0.4, 0.5) is 4.79 Å². The van der Waals surface area contributed by atoms with Crippen molar-refractivity contribution < 1.29 is 19.1 Å². The molecule has 1 aromatic rings. The Kier molecular flexibility index (Phi) is 5.06. The SMILES string of the molecule is CC(=O)OC1(c2ccccc2)CCN(C(=O)OC(C)C)CC1. The van der Waals surface area contributed by atoms with Crippen LogP contribution in [0.2, 0.25) is 0 Å². The smallest absolute Gasteiger partial charge is 0.410 e. The highest BCUT2D eigenvalue weighted by Crippen LogP contribution is 2.37. The Morgan fingerprint density at radius 3 is 2.23 bits per heavy atom. The monoisotopic (exact) mass is 305 g/mol. The minimum absolute atomic E-state index is 0.137. The van der Waals surface area contributed by atoms with Crippen molar-refractivity contribution in [2.75, 3.05) is 13.1 Å². The summed E-state index contributed by atoms with van der Waals surface area (Å²) in [5.41, 5.74) is 0.323. The van der Waals surface area contributed by atoms with Gasteiger partial charge in [-0.3, -0.25) is 4.79 Å². The highest BCUT2D eigenvalue weighted by Gasteiger charge is 2.40. The first-order valence-corrected chi connectivity index (χ1v) is 7.63. The molecule has 22 heavy (non-hydrogen) atoms. The zero-order valence-corrected chi connectivity index (χ0v) is 13.4. The summed E-state index contributed by atoms with van der Waals surface area (Å²) in [7, 11) is 0. The molecule has 0 saturated carbocycles. The Balaban J connectivity index is 2.12. The lowest BCUT2D eigenvalue weighted by atomic mass is 9.84. The zero-order chi connectivity index (χ0) is 16.2. The van der Waals surface area contributed by atoms with E-state index in [-0.39, 0.29) is 18.2 Å². The van der Waals surface area contributed by atoms with Gasteiger partial charge in [0.05, 0.1) is 6.10 Å². The predicted octanol–water partition coefficient (Wildman–Crippen LogP) is 3.09. The van der Waals surface area contributed by atoms with E-state index in [0.717, 1.165) is 5.56 Å². The molecule has 1 aliphatic rings. The summed E-state index contributed by atoms with van der Waals surface area (Å²) in [5, 5.41) is 0. The van der Waals surface area contributed by atoms with Gasteiger partial charge in [-0.25, -0.2) is 4.79 Å². The molecule has 2 rings (SSSR count). The molecular formula is C17H23NO4. The zero-order valence-electron chi connectivity index (χ0n) is 13.4. The molecule has 1 aliphatic heterocycles. The molecule has 0 bridgehead atoms. The van der Waals surface area contributed by atoms with Crippen molar-refractivity contribution in [3.05, 3.63) is 35.9 Å². The molecule has 0 unspecified atom stereocenters. The second kappa shape index (κ2) is 6.81. The van der Waals surface area contributed by atoms with Crippen molar-refractivity contribution in [3.63, 3.8) is 0 Å². The Hall–Kier alpha value is -2.04. The number of esters is 1. The first kappa shape index (κ1) is 16.3. The Morgan fingerprint density at radius 2 is 1.73 bits per heavy atom. The van der Waals surface area contributed by atoms with Crippen LogP contribution in [0.5, 0.6) is 0 Å². The fourth-order valence-electron chi connectivity index (χ4n) is 2.79. The van der Waals surface area contributed by atoms with Gasteiger partial charge in [0.1, 0.15) is 5.60 Å². The third-order valence-electron chi connectivity index (χ3n) is 3.80. The molecule has 1 aromatic carbocycles. The van der Waals surface area contributed by atoms with E-state index in [1.54, 1.807) is 4.90 Å². The maximum absolute atomic E-state index is 12.0. The molecule has 0 radical (unpaired) electrons. The van der Waals surface area contributed by atoms with E-state index in [2.05, 4.69) is 0 Å². The molecule has 120 valence electrons. The lowest BCUT2D eigenvalue weighted by Gasteiger charge is -2.41. The third-order valence-corrected chi connectivity index (χ3v) is 3.80. The number of piperidine rings is 1. The average Bonchev–Trinajstić information content (AvgIpc) is 2.47. The molecule has 5 nitrogen and oxygen atoms in total. The van der Waals surface area contributed by atoms with Crippen molar-refractivity contribution in [1.82, 2.24) is 4.90 Å². The van der Waals surface area contributed by atoms with Gasteiger partial charge < -0.3 is 14.4 Å². The van der Waals surface area contributed by atoms with Crippen LogP contribution in [0.3, 0.4) is 0 Å². The predicted molar refractivity (Wildman–Crippen MR) is 82.3 cm³/mol. The van der Waals surface area contributed by atoms with E-state index in [1.165, 1.54) is 6.92 Å². The number of hydrogen-bond donors (Lipinski definition) is 0. The summed E-state index contributed by atoms with van der Waals surface area (Å²) < 4.78 is 10.9. The average molecular weight is 305 g/mol. The van der Waals surface area contributed by atoms with Gasteiger partial charge in [0.25, 0.3) is 0 Å². The fourth-order valence-corrected chi connectivity index (χ4v) is 2.79. The maximum atomic E-state index is 12.0. The molecule has 0 spiro atoms. The Bertz CT molecular complexity index is 519. The van der Waals surface area contributed by atoms with Crippen LogP contribution in [-0.4, -0.2) is 36.2 Å². The molecule has 0 N–H and O–H groups in total. The van der Waals surface area contributed by atoms with Crippen LogP contribution >= 0.6 is 0 Å². The summed E-state index contributed by atoms with van der Waals surface area (Å²) in [6, 6.07) is 9.72. The summed E-state index contributed by atoms with van der Waals surface area (Å²) in [6.45, 7) is 6.09. The van der Waals surface area contributed by atoms with E-state index in [4.69, 9.17) is 9.47 Å². The molecule has 0 aromatic heterocycles. The quantitative estimate of drug-likeness (QED) is 0.805. The minimum atomic E-state index is -0.651. The molecule has 1 amide bonds. The Morgan fingerprint density at radius 1 is 1.14 bits per heavy atom. The minimum Gasteiger partial charge on any atom is -0.454 e. The number of amides is 1. The molecule has 1 heterocycles. The Labute approximate surface area is 131 Å². The molecule has 1 saturated heterocycles. The van der Waals surface area contributed by atoms with Gasteiger partial charge >= 0.3 is 12.1 Å². The normalized spacial score (nSPS) is 17.2. The number of hydrogen-bond acceptors (Lipinski definition) is 4. The van der Waals surface area contributed by atoms with E-state index in [0.29, 0.717) is 25.9 Å². The molecular weight excluding hydrogens is 282 g/mol. The van der Waals surface area contributed by atoms with Crippen molar-refractivity contribution in [3.8, 4) is 0 Å². The maximum Gasteiger partial charge on any atom is 0.410 e. The topological polar surface area (TPSA) is 55.8 Å². The summed E-state index contributed by atoms with van der Waals surface area (Å²) in [4.78, 5) is 25.2. The van der Waals surface area contributed by atoms with Gasteiger partial charge in [0, 0.05) is 32.9 Å². The van der Waals surface area contributed by atoms with Gasteiger partial charge in [-0.15, -0.1) is 0 Å². The number of carbonyl (C=O) groups is 2. The van der Waals surface area contributed by atoms with Crippen molar-refractivity contribution in [2.45, 2.75) is 45.3 Å². The molecule has 0 atom stereocenters. The van der Waals surface area contributed by atoms with Crippen molar-refractivity contribution >= 4 is 12.1 Å². The standard InChI is InChI=1S/C17H23NO4/c1-13(2)21-16(20)18-11-9-17(10-12-18,22-14(3)19)15-7-5-4-6-8-15/h4-8,13H,9-12H2,1-3H3. The van der Waals surface area contributed by atoms with Crippen LogP contribution in [0.1, 0.15) is 39.2 Å². The first-order valence-electron chi connectivity index (χ1n) is 7.63. The number of benzene rings is 1. The molecule has 1 fully saturated rings. The number of likely N-dealkylation sites (tertiary alicyclic amines) is 1. The van der Waals surface area contributed by atoms with E-state index in [9.17, 15) is 9.59 Å². The van der Waals surface area contributed by atoms with E-state index < -0.39 is 5.60 Å². The van der Waals surface area contributed by atoms with E-state index in [1.807, 2.05) is 44.2 Å². The van der Waals surface area contributed by atoms with Crippen LogP contribution in [0.15, 0.2) is 30.3 Å². The number of nitrogens with zero attached hydrogens (tertiary/aromatic N) is 1. The van der Waals surface area contributed by atoms with Crippen molar-refractivity contribution in [1.29, 1.82) is 0 Å². The highest BCUT2D eigenvalue weighted by atomic mass is 16.6. The van der Waals surface area contributed by atoms with Gasteiger partial charge in [0.15, 0.2) is 0 Å². The third kappa shape index (κ3) is 3.78. The van der Waals surface area contributed by atoms with Crippen LogP contribution in [0.25, 0.3) is 0 Å². The summed E-state index contributed by atoms with van der Waals surface area (Å²) in [6.07, 6.45) is 0.703. The van der Waals surface area contributed by atoms with Gasteiger partial charge in [-0.05, 0) is 19.4 Å². The highest BCUT2D eigenvalue weighted by molar-refractivity contribution is 5.68. The number of ether oxygens (including phenoxy) is 2. The van der Waals surface area contributed by atoms with Crippen LogP contribution in [-0.2, 0) is 19.9 Å². The van der Waals surface area contributed by atoms with Crippen LogP contribution < -0.4 is 0 Å². The lowest BCUT2D eigenvalue weighted by Crippen LogP contribution is -2.47. The van der Waals surface area contributed by atoms with Gasteiger partial charge in [0.2, 0.25) is 0 Å². The number of rotatable bonds is 3. The summed E-state index contributed by atoms with van der Waals surface area (Å²) >= 11 is 0. The second-order valence-corrected chi connectivity index (χ2v) is 5.87. The number of carbonyl (C=O) groups excluding carboxylic acids is 2. The first-order chi connectivity index (χ1) is 10.4. The van der Waals surface area contributed by atoms with E-state index >= 15 is 0 Å². The summed E-state index contributed by atoms with van der Waals surface area (Å²) in [5.74, 6) is -0.304. The molecule has 0 aliphatic carbocycles.